The summed E-state index contributed by atoms with van der Waals surface area (Å²) in [6.45, 7) is 1.85. The van der Waals surface area contributed by atoms with Crippen molar-refractivity contribution in [2.75, 3.05) is 12.0 Å². The van der Waals surface area contributed by atoms with Crippen molar-refractivity contribution in [2.45, 2.75) is 24.9 Å². The van der Waals surface area contributed by atoms with Crippen LogP contribution in [0, 0.1) is 0 Å². The van der Waals surface area contributed by atoms with Crippen molar-refractivity contribution >= 4 is 23.6 Å². The van der Waals surface area contributed by atoms with Crippen LogP contribution in [0.4, 0.5) is 0 Å². The molecule has 0 saturated heterocycles. The molecule has 1 aromatic heterocycles. The van der Waals surface area contributed by atoms with E-state index in [2.05, 4.69) is 5.32 Å². The van der Waals surface area contributed by atoms with E-state index in [9.17, 15) is 14.7 Å². The van der Waals surface area contributed by atoms with Crippen LogP contribution in [-0.4, -0.2) is 35.0 Å². The standard InChI is InChI=1S/C24H26N2O4S.Li.H/c1-24(25,21-9-6-13-30-21)17-10-11-18(19(15-17)16-7-4-3-5-8-16)22(27)26-20(23(28)29)12-14-31-2;;/h3-11,13,15,20H,12,14,25H2,1-2H3,(H,26,27)(H,28,29);;/q;+1;-1. The number of furan rings is 1. The molecular weight excluding hydrogens is 419 g/mol. The van der Waals surface area contributed by atoms with Crippen molar-refractivity contribution in [3.63, 3.8) is 0 Å². The summed E-state index contributed by atoms with van der Waals surface area (Å²) in [6, 6.07) is 17.4. The number of carboxylic acid groups (broad SMARTS) is 1. The van der Waals surface area contributed by atoms with Crippen molar-refractivity contribution < 1.29 is 39.4 Å². The molecule has 0 aliphatic rings. The number of nitrogens with two attached hydrogens (primary N) is 1. The van der Waals surface area contributed by atoms with Crippen molar-refractivity contribution in [2.24, 2.45) is 5.73 Å². The third-order valence-corrected chi connectivity index (χ3v) is 5.84. The van der Waals surface area contributed by atoms with E-state index in [1.54, 1.807) is 24.5 Å². The van der Waals surface area contributed by atoms with Crippen LogP contribution in [0.25, 0.3) is 11.1 Å². The first kappa shape index (κ1) is 25.8. The fourth-order valence-electron chi connectivity index (χ4n) is 3.37. The van der Waals surface area contributed by atoms with Crippen LogP contribution in [0.15, 0.2) is 71.3 Å². The summed E-state index contributed by atoms with van der Waals surface area (Å²) in [4.78, 5) is 24.7. The van der Waals surface area contributed by atoms with Crippen molar-refractivity contribution in [3.05, 3.63) is 83.8 Å². The fourth-order valence-corrected chi connectivity index (χ4v) is 3.84. The number of hydrogen-bond donors (Lipinski definition) is 3. The number of carbonyl (C=O) groups is 2. The van der Waals surface area contributed by atoms with Gasteiger partial charge < -0.3 is 22.0 Å². The molecule has 6 nitrogen and oxygen atoms in total. The van der Waals surface area contributed by atoms with Crippen LogP contribution >= 0.6 is 11.8 Å². The maximum atomic E-state index is 13.1. The minimum absolute atomic E-state index is 0. The molecule has 3 rings (SSSR count). The average molecular weight is 446 g/mol. The number of amides is 1. The SMILES string of the molecule is CSCCC(NC(=O)c1ccc(C(C)(N)c2ccco2)cc1-c1ccccc1)C(=O)O.[H-].[Li+]. The third kappa shape index (κ3) is 5.87. The van der Waals surface area contributed by atoms with Crippen molar-refractivity contribution in [1.29, 1.82) is 0 Å². The molecule has 2 aromatic carbocycles. The zero-order valence-corrected chi connectivity index (χ0v) is 19.3. The van der Waals surface area contributed by atoms with Gasteiger partial charge in [0, 0.05) is 5.56 Å². The van der Waals surface area contributed by atoms with Gasteiger partial charge in [0.05, 0.1) is 11.8 Å². The maximum Gasteiger partial charge on any atom is 1.00 e. The van der Waals surface area contributed by atoms with Crippen molar-refractivity contribution in [3.8, 4) is 11.1 Å². The normalized spacial score (nSPS) is 13.5. The number of nitrogens with one attached hydrogen (secondary N) is 1. The Morgan fingerprint density at radius 1 is 1.19 bits per heavy atom. The first-order valence-corrected chi connectivity index (χ1v) is 11.3. The first-order valence-electron chi connectivity index (χ1n) is 9.90. The maximum absolute atomic E-state index is 13.1. The molecule has 1 amide bonds. The van der Waals surface area contributed by atoms with Crippen LogP contribution in [0.1, 0.15) is 36.5 Å². The van der Waals surface area contributed by atoms with Gasteiger partial charge in [0.15, 0.2) is 0 Å². The number of carbonyl (C=O) groups excluding carboxylic acids is 1. The smallest absolute Gasteiger partial charge is 1.00 e. The Hall–Kier alpha value is -2.43. The van der Waals surface area contributed by atoms with Gasteiger partial charge in [-0.05, 0) is 66.3 Å². The van der Waals surface area contributed by atoms with Gasteiger partial charge in [-0.25, -0.2) is 4.79 Å². The molecule has 3 aromatic rings. The molecule has 0 aliphatic heterocycles. The number of aliphatic carboxylic acids is 1. The molecule has 32 heavy (non-hydrogen) atoms. The van der Waals surface area contributed by atoms with E-state index in [4.69, 9.17) is 10.2 Å². The van der Waals surface area contributed by atoms with Crippen molar-refractivity contribution in [1.82, 2.24) is 5.32 Å². The molecule has 0 saturated carbocycles. The van der Waals surface area contributed by atoms with E-state index in [1.165, 1.54) is 11.8 Å². The van der Waals surface area contributed by atoms with Crippen LogP contribution in [-0.2, 0) is 10.3 Å². The number of rotatable bonds is 9. The molecule has 4 N–H and O–H groups in total. The Labute approximate surface area is 205 Å². The van der Waals surface area contributed by atoms with Crippen LogP contribution in [0.3, 0.4) is 0 Å². The molecule has 2 unspecified atom stereocenters. The Balaban J connectivity index is 0.00000272. The van der Waals surface area contributed by atoms with E-state index < -0.39 is 23.5 Å². The number of thioether (sulfide) groups is 1. The second kappa shape index (κ2) is 11.4. The van der Waals surface area contributed by atoms with E-state index in [0.29, 0.717) is 29.1 Å². The fraction of sp³-hybridized carbons (Fsp3) is 0.250. The van der Waals surface area contributed by atoms with E-state index in [1.807, 2.05) is 55.6 Å². The topological polar surface area (TPSA) is 106 Å². The molecule has 1 heterocycles. The van der Waals surface area contributed by atoms with E-state index in [0.717, 1.165) is 11.1 Å². The van der Waals surface area contributed by atoms with Crippen LogP contribution in [0.2, 0.25) is 0 Å². The number of hydrogen-bond acceptors (Lipinski definition) is 5. The summed E-state index contributed by atoms with van der Waals surface area (Å²) >= 11 is 1.54. The number of benzene rings is 2. The zero-order chi connectivity index (χ0) is 22.4. The summed E-state index contributed by atoms with van der Waals surface area (Å²) in [7, 11) is 0. The minimum Gasteiger partial charge on any atom is -1.00 e. The predicted molar refractivity (Wildman–Crippen MR) is 124 cm³/mol. The number of carboxylic acids is 1. The second-order valence-electron chi connectivity index (χ2n) is 7.45. The Bertz CT molecular complexity index is 1050. The molecular formula is C24H27LiN2O4S. The van der Waals surface area contributed by atoms with Gasteiger partial charge in [-0.2, -0.15) is 11.8 Å². The second-order valence-corrected chi connectivity index (χ2v) is 8.44. The van der Waals surface area contributed by atoms with Crippen LogP contribution < -0.4 is 29.9 Å². The Morgan fingerprint density at radius 2 is 1.91 bits per heavy atom. The van der Waals surface area contributed by atoms with Gasteiger partial charge in [0.25, 0.3) is 5.91 Å². The van der Waals surface area contributed by atoms with Gasteiger partial charge in [-0.3, -0.25) is 4.79 Å². The molecule has 2 atom stereocenters. The molecule has 0 aliphatic carbocycles. The Kier molecular flexibility index (Phi) is 9.23. The molecule has 0 fully saturated rings. The van der Waals surface area contributed by atoms with Gasteiger partial charge in [-0.15, -0.1) is 0 Å². The third-order valence-electron chi connectivity index (χ3n) is 5.20. The van der Waals surface area contributed by atoms with Gasteiger partial charge in [0.1, 0.15) is 11.8 Å². The van der Waals surface area contributed by atoms with Gasteiger partial charge in [0.2, 0.25) is 0 Å². The summed E-state index contributed by atoms with van der Waals surface area (Å²) in [5.41, 5.74) is 8.35. The average Bonchev–Trinajstić information content (AvgIpc) is 3.32. The summed E-state index contributed by atoms with van der Waals surface area (Å²) in [6.07, 6.45) is 3.82. The summed E-state index contributed by atoms with van der Waals surface area (Å²) in [5.74, 6) is -0.244. The summed E-state index contributed by atoms with van der Waals surface area (Å²) in [5, 5.41) is 12.1. The molecule has 0 bridgehead atoms. The minimum atomic E-state index is -1.05. The van der Waals surface area contributed by atoms with Crippen LogP contribution in [0.5, 0.6) is 0 Å². The molecule has 0 spiro atoms. The molecule has 8 heteroatoms. The predicted octanol–water partition coefficient (Wildman–Crippen LogP) is 1.22. The quantitative estimate of drug-likeness (QED) is 0.427. The van der Waals surface area contributed by atoms with E-state index >= 15 is 0 Å². The monoisotopic (exact) mass is 446 g/mol. The van der Waals surface area contributed by atoms with Gasteiger partial charge >= 0.3 is 24.8 Å². The molecule has 164 valence electrons. The summed E-state index contributed by atoms with van der Waals surface area (Å²) < 4.78 is 5.52. The molecule has 0 radical (unpaired) electrons. The van der Waals surface area contributed by atoms with E-state index in [-0.39, 0.29) is 20.3 Å². The van der Waals surface area contributed by atoms with Gasteiger partial charge in [-0.1, -0.05) is 36.4 Å². The zero-order valence-electron chi connectivity index (χ0n) is 19.5. The largest absolute Gasteiger partial charge is 1.00 e. The first-order chi connectivity index (χ1) is 14.8. The Morgan fingerprint density at radius 3 is 2.50 bits per heavy atom.